The Morgan fingerprint density at radius 1 is 1.11 bits per heavy atom. The van der Waals surface area contributed by atoms with E-state index in [1.165, 1.54) is 12.1 Å². The van der Waals surface area contributed by atoms with Crippen molar-refractivity contribution in [3.63, 3.8) is 0 Å². The molecule has 2 atom stereocenters. The van der Waals surface area contributed by atoms with Gasteiger partial charge in [0.05, 0.1) is 11.1 Å². The first-order valence-electron chi connectivity index (χ1n) is 8.89. The van der Waals surface area contributed by atoms with Gasteiger partial charge >= 0.3 is 0 Å². The Balaban J connectivity index is 1.96. The normalized spacial score (nSPS) is 15.5. The molecule has 3 rings (SSSR count). The number of amides is 3. The smallest absolute Gasteiger partial charge is 0.262 e. The van der Waals surface area contributed by atoms with Crippen LogP contribution in [0.1, 0.15) is 46.5 Å². The number of carbonyl (C=O) groups excluding carboxylic acids is 3. The topological polar surface area (TPSA) is 66.5 Å². The van der Waals surface area contributed by atoms with E-state index >= 15 is 0 Å². The lowest BCUT2D eigenvalue weighted by Gasteiger charge is -2.30. The third-order valence-corrected chi connectivity index (χ3v) is 5.01. The maximum Gasteiger partial charge on any atom is 0.262 e. The van der Waals surface area contributed by atoms with Crippen molar-refractivity contribution in [3.8, 4) is 0 Å². The van der Waals surface area contributed by atoms with Crippen molar-refractivity contribution in [1.82, 2.24) is 4.90 Å². The van der Waals surface area contributed by atoms with Gasteiger partial charge in [-0.1, -0.05) is 38.5 Å². The number of aryl methyl sites for hydroxylation is 1. The maximum absolute atomic E-state index is 13.6. The fourth-order valence-electron chi connectivity index (χ4n) is 3.25. The van der Waals surface area contributed by atoms with Crippen molar-refractivity contribution in [2.24, 2.45) is 5.92 Å². The van der Waals surface area contributed by atoms with Crippen molar-refractivity contribution in [3.05, 3.63) is 65.0 Å². The predicted octanol–water partition coefficient (Wildman–Crippen LogP) is 3.78. The molecule has 0 fully saturated rings. The van der Waals surface area contributed by atoms with Crippen molar-refractivity contribution in [1.29, 1.82) is 0 Å². The molecule has 27 heavy (non-hydrogen) atoms. The Morgan fingerprint density at radius 2 is 1.70 bits per heavy atom. The van der Waals surface area contributed by atoms with Crippen molar-refractivity contribution < 1.29 is 18.8 Å². The quantitative estimate of drug-likeness (QED) is 0.817. The molecule has 0 aromatic heterocycles. The summed E-state index contributed by atoms with van der Waals surface area (Å²) in [7, 11) is 0. The Labute approximate surface area is 157 Å². The lowest BCUT2D eigenvalue weighted by atomic mass is 9.96. The SMILES string of the molecule is CC[C@H](C)[C@@H](C(=O)Nc1cc(F)ccc1C)N1C(=O)c2ccccc2C1=O. The highest BCUT2D eigenvalue weighted by Gasteiger charge is 2.44. The summed E-state index contributed by atoms with van der Waals surface area (Å²) in [5, 5.41) is 2.69. The van der Waals surface area contributed by atoms with E-state index < -0.39 is 29.6 Å². The zero-order chi connectivity index (χ0) is 19.7. The summed E-state index contributed by atoms with van der Waals surface area (Å²) in [6, 6.07) is 9.64. The molecule has 0 saturated carbocycles. The van der Waals surface area contributed by atoms with Crippen molar-refractivity contribution in [2.75, 3.05) is 5.32 Å². The van der Waals surface area contributed by atoms with Gasteiger partial charge in [-0.05, 0) is 42.7 Å². The maximum atomic E-state index is 13.6. The number of fused-ring (bicyclic) bond motifs is 1. The number of imide groups is 1. The molecule has 0 radical (unpaired) electrons. The molecule has 140 valence electrons. The number of nitrogens with one attached hydrogen (secondary N) is 1. The zero-order valence-corrected chi connectivity index (χ0v) is 15.5. The van der Waals surface area contributed by atoms with Crippen LogP contribution in [0.3, 0.4) is 0 Å². The highest BCUT2D eigenvalue weighted by Crippen LogP contribution is 2.29. The third-order valence-electron chi connectivity index (χ3n) is 5.01. The zero-order valence-electron chi connectivity index (χ0n) is 15.5. The summed E-state index contributed by atoms with van der Waals surface area (Å²) in [4.78, 5) is 39.7. The fourth-order valence-corrected chi connectivity index (χ4v) is 3.25. The van der Waals surface area contributed by atoms with E-state index in [-0.39, 0.29) is 5.92 Å². The molecule has 0 spiro atoms. The van der Waals surface area contributed by atoms with Crippen LogP contribution in [0, 0.1) is 18.7 Å². The van der Waals surface area contributed by atoms with E-state index in [0.29, 0.717) is 28.8 Å². The number of carbonyl (C=O) groups is 3. The van der Waals surface area contributed by atoms with Crippen LogP contribution in [-0.2, 0) is 4.79 Å². The molecule has 0 saturated heterocycles. The summed E-state index contributed by atoms with van der Waals surface area (Å²) in [5.41, 5.74) is 1.61. The molecule has 1 heterocycles. The van der Waals surface area contributed by atoms with Crippen LogP contribution in [0.25, 0.3) is 0 Å². The van der Waals surface area contributed by atoms with E-state index in [2.05, 4.69) is 5.32 Å². The van der Waals surface area contributed by atoms with Gasteiger partial charge in [-0.25, -0.2) is 4.39 Å². The van der Waals surface area contributed by atoms with E-state index in [9.17, 15) is 18.8 Å². The molecule has 5 nitrogen and oxygen atoms in total. The second kappa shape index (κ2) is 7.31. The molecule has 1 aliphatic rings. The Bertz CT molecular complexity index is 890. The average Bonchev–Trinajstić information content (AvgIpc) is 2.90. The number of benzene rings is 2. The summed E-state index contributed by atoms with van der Waals surface area (Å²) in [5.74, 6) is -2.20. The Morgan fingerprint density at radius 3 is 2.26 bits per heavy atom. The molecule has 1 N–H and O–H groups in total. The summed E-state index contributed by atoms with van der Waals surface area (Å²) in [6.45, 7) is 5.44. The second-order valence-corrected chi connectivity index (χ2v) is 6.80. The largest absolute Gasteiger partial charge is 0.324 e. The minimum absolute atomic E-state index is 0.263. The summed E-state index contributed by atoms with van der Waals surface area (Å²) in [6.07, 6.45) is 0.591. The van der Waals surface area contributed by atoms with Gasteiger partial charge in [0.25, 0.3) is 11.8 Å². The van der Waals surface area contributed by atoms with E-state index in [4.69, 9.17) is 0 Å². The standard InChI is InChI=1S/C21H21FN2O3/c1-4-12(2)18(19(25)23-17-11-14(22)10-9-13(17)3)24-20(26)15-7-5-6-8-16(15)21(24)27/h5-12,18H,4H2,1-3H3,(H,23,25)/t12-,18-/m0/s1. The number of halogens is 1. The van der Waals surface area contributed by atoms with Crippen LogP contribution < -0.4 is 5.32 Å². The van der Waals surface area contributed by atoms with Gasteiger partial charge in [-0.2, -0.15) is 0 Å². The minimum Gasteiger partial charge on any atom is -0.324 e. The highest BCUT2D eigenvalue weighted by molar-refractivity contribution is 6.23. The van der Waals surface area contributed by atoms with Crippen LogP contribution in [0.5, 0.6) is 0 Å². The minimum atomic E-state index is -0.981. The van der Waals surface area contributed by atoms with Crippen molar-refractivity contribution in [2.45, 2.75) is 33.2 Å². The van der Waals surface area contributed by atoms with E-state index in [1.807, 2.05) is 13.8 Å². The fraction of sp³-hybridized carbons (Fsp3) is 0.286. The van der Waals surface area contributed by atoms with Gasteiger partial charge in [-0.3, -0.25) is 19.3 Å². The van der Waals surface area contributed by atoms with Crippen LogP contribution in [-0.4, -0.2) is 28.7 Å². The van der Waals surface area contributed by atoms with E-state index in [1.54, 1.807) is 37.3 Å². The number of hydrogen-bond donors (Lipinski definition) is 1. The van der Waals surface area contributed by atoms with Gasteiger partial charge in [-0.15, -0.1) is 0 Å². The van der Waals surface area contributed by atoms with Gasteiger partial charge in [0.1, 0.15) is 11.9 Å². The number of rotatable bonds is 5. The molecule has 0 bridgehead atoms. The lowest BCUT2D eigenvalue weighted by Crippen LogP contribution is -2.50. The predicted molar refractivity (Wildman–Crippen MR) is 100.0 cm³/mol. The summed E-state index contributed by atoms with van der Waals surface area (Å²) >= 11 is 0. The van der Waals surface area contributed by atoms with Gasteiger partial charge < -0.3 is 5.32 Å². The molecular weight excluding hydrogens is 347 g/mol. The average molecular weight is 368 g/mol. The van der Waals surface area contributed by atoms with Crippen LogP contribution in [0.15, 0.2) is 42.5 Å². The van der Waals surface area contributed by atoms with Crippen LogP contribution >= 0.6 is 0 Å². The Hall–Kier alpha value is -3.02. The first-order chi connectivity index (χ1) is 12.8. The van der Waals surface area contributed by atoms with Gasteiger partial charge in [0.15, 0.2) is 0 Å². The summed E-state index contributed by atoms with van der Waals surface area (Å²) < 4.78 is 13.6. The molecule has 0 unspecified atom stereocenters. The van der Waals surface area contributed by atoms with Crippen LogP contribution in [0.4, 0.5) is 10.1 Å². The highest BCUT2D eigenvalue weighted by atomic mass is 19.1. The first-order valence-corrected chi connectivity index (χ1v) is 8.89. The molecular formula is C21H21FN2O3. The lowest BCUT2D eigenvalue weighted by molar-refractivity contribution is -0.121. The molecule has 0 aliphatic carbocycles. The van der Waals surface area contributed by atoms with E-state index in [0.717, 1.165) is 4.90 Å². The molecule has 2 aromatic carbocycles. The number of anilines is 1. The monoisotopic (exact) mass is 368 g/mol. The number of hydrogen-bond acceptors (Lipinski definition) is 3. The third kappa shape index (κ3) is 3.35. The Kier molecular flexibility index (Phi) is 5.08. The second-order valence-electron chi connectivity index (χ2n) is 6.80. The molecule has 6 heteroatoms. The molecule has 1 aliphatic heterocycles. The molecule has 3 amide bonds. The van der Waals surface area contributed by atoms with Crippen molar-refractivity contribution >= 4 is 23.4 Å². The van der Waals surface area contributed by atoms with Gasteiger partial charge in [0.2, 0.25) is 5.91 Å². The first kappa shape index (κ1) is 18.8. The van der Waals surface area contributed by atoms with Gasteiger partial charge in [0, 0.05) is 5.69 Å². The van der Waals surface area contributed by atoms with Crippen LogP contribution in [0.2, 0.25) is 0 Å². The molecule has 2 aromatic rings. The number of nitrogens with zero attached hydrogens (tertiary/aromatic N) is 1.